The Kier molecular flexibility index (Phi) is 2.34. The van der Waals surface area contributed by atoms with Crippen molar-refractivity contribution >= 4 is 33.2 Å². The summed E-state index contributed by atoms with van der Waals surface area (Å²) >= 11 is 0. The number of hydrogen-bond acceptors (Lipinski definition) is 2. The van der Waals surface area contributed by atoms with Crippen molar-refractivity contribution in [3.63, 3.8) is 0 Å². The third-order valence-corrected chi connectivity index (χ3v) is 4.40. The summed E-state index contributed by atoms with van der Waals surface area (Å²) in [7, 11) is 0. The van der Waals surface area contributed by atoms with Crippen LogP contribution in [0.5, 0.6) is 0 Å². The fourth-order valence-corrected chi connectivity index (χ4v) is 3.39. The Bertz CT molecular complexity index is 986. The molecule has 0 aliphatic carbocycles. The van der Waals surface area contributed by atoms with Gasteiger partial charge < -0.3 is 4.98 Å². The van der Waals surface area contributed by atoms with Gasteiger partial charge in [0.05, 0.1) is 16.9 Å². The van der Waals surface area contributed by atoms with Gasteiger partial charge in [-0.3, -0.25) is 5.01 Å². The normalized spacial score (nSPS) is 13.9. The quantitative estimate of drug-likeness (QED) is 0.540. The van der Waals surface area contributed by atoms with Crippen LogP contribution < -0.4 is 10.4 Å². The van der Waals surface area contributed by atoms with Gasteiger partial charge in [0.25, 0.3) is 0 Å². The molecule has 2 N–H and O–H groups in total. The molecular weight excluding hydrogens is 270 g/mol. The molecule has 0 atom stereocenters. The zero-order valence-electron chi connectivity index (χ0n) is 12.0. The van der Waals surface area contributed by atoms with Gasteiger partial charge in [-0.25, -0.2) is 5.43 Å². The first-order valence-electron chi connectivity index (χ1n) is 7.53. The number of aromatic amines is 1. The lowest BCUT2D eigenvalue weighted by Crippen LogP contribution is -2.26. The van der Waals surface area contributed by atoms with Crippen LogP contribution in [0.15, 0.2) is 66.7 Å². The fourth-order valence-electron chi connectivity index (χ4n) is 3.39. The van der Waals surface area contributed by atoms with E-state index in [1.165, 1.54) is 33.1 Å². The molecule has 0 radical (unpaired) electrons. The van der Waals surface area contributed by atoms with Gasteiger partial charge in [-0.1, -0.05) is 48.5 Å². The zero-order chi connectivity index (χ0) is 14.5. The average Bonchev–Trinajstić information content (AvgIpc) is 3.16. The molecular formula is C19H15N3. The minimum Gasteiger partial charge on any atom is -0.353 e. The molecule has 0 saturated carbocycles. The minimum absolute atomic E-state index is 0.857. The lowest BCUT2D eigenvalue weighted by Gasteiger charge is -2.19. The highest BCUT2D eigenvalue weighted by Crippen LogP contribution is 2.39. The average molecular weight is 285 g/mol. The first kappa shape index (κ1) is 11.8. The van der Waals surface area contributed by atoms with E-state index in [0.29, 0.717) is 0 Å². The van der Waals surface area contributed by atoms with Gasteiger partial charge in [0, 0.05) is 22.8 Å². The number of aromatic nitrogens is 1. The summed E-state index contributed by atoms with van der Waals surface area (Å²) in [5.41, 5.74) is 9.59. The molecule has 22 heavy (non-hydrogen) atoms. The summed E-state index contributed by atoms with van der Waals surface area (Å²) in [5, 5.41) is 4.74. The van der Waals surface area contributed by atoms with E-state index in [0.717, 1.165) is 12.2 Å². The molecule has 3 nitrogen and oxygen atoms in total. The van der Waals surface area contributed by atoms with Crippen molar-refractivity contribution in [3.8, 4) is 0 Å². The molecule has 5 rings (SSSR count). The van der Waals surface area contributed by atoms with E-state index in [2.05, 4.69) is 76.1 Å². The standard InChI is InChI=1S/C19H15N3/c1-2-6-14(7-3-1)22-19-13(12-20-22)10-11-16-15-8-4-5-9-17(15)21-18(16)19/h1-11,20-21H,12H2. The summed E-state index contributed by atoms with van der Waals surface area (Å²) in [6, 6.07) is 23.4. The summed E-state index contributed by atoms with van der Waals surface area (Å²) in [6.07, 6.45) is 0. The van der Waals surface area contributed by atoms with Crippen molar-refractivity contribution in [2.24, 2.45) is 0 Å². The van der Waals surface area contributed by atoms with Crippen LogP contribution in [-0.2, 0) is 6.54 Å². The third kappa shape index (κ3) is 1.54. The Morgan fingerprint density at radius 2 is 1.59 bits per heavy atom. The van der Waals surface area contributed by atoms with Crippen molar-refractivity contribution < 1.29 is 0 Å². The highest BCUT2D eigenvalue weighted by atomic mass is 15.5. The van der Waals surface area contributed by atoms with Gasteiger partial charge in [-0.2, -0.15) is 0 Å². The van der Waals surface area contributed by atoms with Crippen molar-refractivity contribution in [2.45, 2.75) is 6.54 Å². The van der Waals surface area contributed by atoms with E-state index in [9.17, 15) is 0 Å². The van der Waals surface area contributed by atoms with E-state index >= 15 is 0 Å². The molecule has 0 spiro atoms. The SMILES string of the molecule is c1ccc(N2NCc3ccc4c([nH]c5ccccc54)c32)cc1. The van der Waals surface area contributed by atoms with Crippen molar-refractivity contribution in [1.29, 1.82) is 0 Å². The molecule has 4 aromatic rings. The zero-order valence-corrected chi connectivity index (χ0v) is 12.0. The number of nitrogens with one attached hydrogen (secondary N) is 2. The maximum Gasteiger partial charge on any atom is 0.0864 e. The second-order valence-electron chi connectivity index (χ2n) is 5.67. The summed E-state index contributed by atoms with van der Waals surface area (Å²) in [4.78, 5) is 3.60. The molecule has 3 aromatic carbocycles. The molecule has 1 aromatic heterocycles. The van der Waals surface area contributed by atoms with Crippen LogP contribution in [0.1, 0.15) is 5.56 Å². The van der Waals surface area contributed by atoms with E-state index in [-0.39, 0.29) is 0 Å². The predicted molar refractivity (Wildman–Crippen MR) is 91.2 cm³/mol. The van der Waals surface area contributed by atoms with E-state index in [1.807, 2.05) is 6.07 Å². The van der Waals surface area contributed by atoms with Crippen LogP contribution in [0.3, 0.4) is 0 Å². The second-order valence-corrected chi connectivity index (χ2v) is 5.67. The lowest BCUT2D eigenvalue weighted by atomic mass is 10.1. The topological polar surface area (TPSA) is 31.1 Å². The van der Waals surface area contributed by atoms with Crippen LogP contribution in [0, 0.1) is 0 Å². The number of nitrogens with zero attached hydrogens (tertiary/aromatic N) is 1. The summed E-state index contributed by atoms with van der Waals surface area (Å²) < 4.78 is 0. The van der Waals surface area contributed by atoms with Gasteiger partial charge in [-0.05, 0) is 23.8 Å². The van der Waals surface area contributed by atoms with Gasteiger partial charge in [0.1, 0.15) is 0 Å². The van der Waals surface area contributed by atoms with E-state index < -0.39 is 0 Å². The number of benzene rings is 3. The van der Waals surface area contributed by atoms with E-state index in [1.54, 1.807) is 0 Å². The number of anilines is 2. The monoisotopic (exact) mass is 285 g/mol. The Labute approximate surface area is 128 Å². The van der Waals surface area contributed by atoms with Gasteiger partial charge in [0.15, 0.2) is 0 Å². The molecule has 3 heteroatoms. The Morgan fingerprint density at radius 1 is 0.773 bits per heavy atom. The molecule has 1 aliphatic heterocycles. The largest absolute Gasteiger partial charge is 0.353 e. The maximum absolute atomic E-state index is 3.60. The Balaban J connectivity index is 1.83. The molecule has 106 valence electrons. The van der Waals surface area contributed by atoms with Crippen molar-refractivity contribution in [3.05, 3.63) is 72.3 Å². The predicted octanol–water partition coefficient (Wildman–Crippen LogP) is 4.48. The second kappa shape index (κ2) is 4.36. The lowest BCUT2D eigenvalue weighted by molar-refractivity contribution is 0.766. The van der Waals surface area contributed by atoms with Crippen LogP contribution in [0.25, 0.3) is 21.8 Å². The van der Waals surface area contributed by atoms with Gasteiger partial charge in [-0.15, -0.1) is 0 Å². The fraction of sp³-hybridized carbons (Fsp3) is 0.0526. The minimum atomic E-state index is 0.857. The number of H-pyrrole nitrogens is 1. The highest BCUT2D eigenvalue weighted by molar-refractivity contribution is 6.12. The molecule has 1 aliphatic rings. The number of rotatable bonds is 1. The smallest absolute Gasteiger partial charge is 0.0864 e. The first-order valence-corrected chi connectivity index (χ1v) is 7.53. The Hall–Kier alpha value is -2.78. The van der Waals surface area contributed by atoms with Gasteiger partial charge >= 0.3 is 0 Å². The summed E-state index contributed by atoms with van der Waals surface area (Å²) in [6.45, 7) is 0.857. The van der Waals surface area contributed by atoms with Crippen LogP contribution >= 0.6 is 0 Å². The van der Waals surface area contributed by atoms with Crippen molar-refractivity contribution in [1.82, 2.24) is 10.4 Å². The van der Waals surface area contributed by atoms with Crippen LogP contribution in [-0.4, -0.2) is 4.98 Å². The number of hydrogen-bond donors (Lipinski definition) is 2. The summed E-state index contributed by atoms with van der Waals surface area (Å²) in [5.74, 6) is 0. The van der Waals surface area contributed by atoms with Crippen LogP contribution in [0.4, 0.5) is 11.4 Å². The van der Waals surface area contributed by atoms with Crippen LogP contribution in [0.2, 0.25) is 0 Å². The maximum atomic E-state index is 3.60. The van der Waals surface area contributed by atoms with E-state index in [4.69, 9.17) is 0 Å². The molecule has 0 amide bonds. The number of para-hydroxylation sites is 2. The Morgan fingerprint density at radius 3 is 2.50 bits per heavy atom. The number of hydrazine groups is 1. The van der Waals surface area contributed by atoms with Gasteiger partial charge in [0.2, 0.25) is 0 Å². The highest BCUT2D eigenvalue weighted by Gasteiger charge is 2.24. The first-order chi connectivity index (χ1) is 10.9. The molecule has 0 bridgehead atoms. The molecule has 0 saturated heterocycles. The number of fused-ring (bicyclic) bond motifs is 5. The molecule has 2 heterocycles. The molecule has 0 fully saturated rings. The van der Waals surface area contributed by atoms with Crippen molar-refractivity contribution in [2.75, 3.05) is 5.01 Å². The third-order valence-electron chi connectivity index (χ3n) is 4.40. The molecule has 0 unspecified atom stereocenters.